The van der Waals surface area contributed by atoms with Gasteiger partial charge in [0, 0.05) is 15.7 Å². The third-order valence-electron chi connectivity index (χ3n) is 3.10. The maximum absolute atomic E-state index is 6.22. The van der Waals surface area contributed by atoms with Crippen LogP contribution < -0.4 is 5.32 Å². The first-order valence-corrected chi connectivity index (χ1v) is 6.29. The van der Waals surface area contributed by atoms with Gasteiger partial charge in [-0.05, 0) is 41.8 Å². The first-order valence-electron chi connectivity index (χ1n) is 5.53. The van der Waals surface area contributed by atoms with Crippen molar-refractivity contribution in [1.82, 2.24) is 0 Å². The van der Waals surface area contributed by atoms with Crippen LogP contribution in [0.15, 0.2) is 42.5 Å². The smallest absolute Gasteiger partial charge is 0.0570 e. The minimum atomic E-state index is 0.221. The Morgan fingerprint density at radius 3 is 2.71 bits per heavy atom. The van der Waals surface area contributed by atoms with Crippen molar-refractivity contribution >= 4 is 28.9 Å². The number of para-hydroxylation sites is 1. The molecular weight excluding hydrogens is 253 g/mol. The van der Waals surface area contributed by atoms with Gasteiger partial charge in [-0.15, -0.1) is 0 Å². The highest BCUT2D eigenvalue weighted by Crippen LogP contribution is 2.37. The molecule has 17 heavy (non-hydrogen) atoms. The van der Waals surface area contributed by atoms with Gasteiger partial charge in [0.1, 0.15) is 0 Å². The molecule has 0 aliphatic carbocycles. The van der Waals surface area contributed by atoms with Crippen LogP contribution in [0.25, 0.3) is 0 Å². The zero-order valence-electron chi connectivity index (χ0n) is 9.08. The molecule has 0 saturated heterocycles. The maximum atomic E-state index is 6.22. The molecule has 1 nitrogen and oxygen atoms in total. The number of nitrogens with one attached hydrogen (secondary N) is 1. The lowest BCUT2D eigenvalue weighted by atomic mass is 10.0. The molecule has 0 fully saturated rings. The lowest BCUT2D eigenvalue weighted by molar-refractivity contribution is 0.824. The van der Waals surface area contributed by atoms with Gasteiger partial charge in [0.25, 0.3) is 0 Å². The predicted octanol–water partition coefficient (Wildman–Crippen LogP) is 4.70. The third-order valence-corrected chi connectivity index (χ3v) is 3.68. The summed E-state index contributed by atoms with van der Waals surface area (Å²) in [6.07, 6.45) is 0.955. The summed E-state index contributed by atoms with van der Waals surface area (Å²) >= 11 is 12.2. The summed E-state index contributed by atoms with van der Waals surface area (Å²) in [6, 6.07) is 14.1. The fraction of sp³-hybridized carbons (Fsp3) is 0.143. The van der Waals surface area contributed by atoms with Gasteiger partial charge in [-0.25, -0.2) is 0 Å². The molecule has 0 saturated carbocycles. The topological polar surface area (TPSA) is 12.0 Å². The second kappa shape index (κ2) is 4.25. The van der Waals surface area contributed by atoms with Crippen LogP contribution in [0.1, 0.15) is 17.2 Å². The molecule has 1 atom stereocenters. The molecule has 0 radical (unpaired) electrons. The summed E-state index contributed by atoms with van der Waals surface area (Å²) in [4.78, 5) is 0. The number of hydrogen-bond acceptors (Lipinski definition) is 1. The Morgan fingerprint density at radius 1 is 1.06 bits per heavy atom. The van der Waals surface area contributed by atoms with E-state index < -0.39 is 0 Å². The molecule has 2 aromatic carbocycles. The highest BCUT2D eigenvalue weighted by atomic mass is 35.5. The van der Waals surface area contributed by atoms with E-state index in [1.54, 1.807) is 0 Å². The van der Waals surface area contributed by atoms with Gasteiger partial charge in [-0.3, -0.25) is 0 Å². The molecule has 0 spiro atoms. The Balaban J connectivity index is 1.96. The van der Waals surface area contributed by atoms with E-state index >= 15 is 0 Å². The molecule has 3 heteroatoms. The normalized spacial score (nSPS) is 17.6. The van der Waals surface area contributed by atoms with Crippen LogP contribution in [0.2, 0.25) is 10.0 Å². The molecule has 1 aliphatic heterocycles. The van der Waals surface area contributed by atoms with Crippen molar-refractivity contribution in [3.8, 4) is 0 Å². The van der Waals surface area contributed by atoms with Crippen LogP contribution in [0.5, 0.6) is 0 Å². The molecule has 0 bridgehead atoms. The van der Waals surface area contributed by atoms with E-state index in [9.17, 15) is 0 Å². The Bertz CT molecular complexity index is 541. The number of benzene rings is 2. The zero-order valence-corrected chi connectivity index (χ0v) is 10.6. The van der Waals surface area contributed by atoms with Crippen LogP contribution >= 0.6 is 23.2 Å². The van der Waals surface area contributed by atoms with E-state index in [2.05, 4.69) is 23.5 Å². The molecule has 0 amide bonds. The largest absolute Gasteiger partial charge is 0.378 e. The Labute approximate surface area is 110 Å². The van der Waals surface area contributed by atoms with Gasteiger partial charge in [0.2, 0.25) is 0 Å². The van der Waals surface area contributed by atoms with E-state index in [1.807, 2.05) is 24.3 Å². The lowest BCUT2D eigenvalue weighted by Gasteiger charge is -2.13. The van der Waals surface area contributed by atoms with Gasteiger partial charge in [0.05, 0.1) is 6.04 Å². The fourth-order valence-corrected chi connectivity index (χ4v) is 2.70. The minimum Gasteiger partial charge on any atom is -0.378 e. The summed E-state index contributed by atoms with van der Waals surface area (Å²) < 4.78 is 0. The number of rotatable bonds is 1. The minimum absolute atomic E-state index is 0.221. The number of halogens is 2. The van der Waals surface area contributed by atoms with Crippen molar-refractivity contribution in [2.75, 3.05) is 5.32 Å². The molecule has 1 heterocycles. The van der Waals surface area contributed by atoms with Crippen molar-refractivity contribution in [2.24, 2.45) is 0 Å². The molecule has 0 unspecified atom stereocenters. The SMILES string of the molecule is Clc1ccc(Cl)c([C@H]2Cc3ccccc3N2)c1. The van der Waals surface area contributed by atoms with Crippen molar-refractivity contribution in [2.45, 2.75) is 12.5 Å². The van der Waals surface area contributed by atoms with Gasteiger partial charge in [-0.1, -0.05) is 41.4 Å². The average molecular weight is 264 g/mol. The zero-order chi connectivity index (χ0) is 11.8. The quantitative estimate of drug-likeness (QED) is 0.787. The van der Waals surface area contributed by atoms with Gasteiger partial charge in [0.15, 0.2) is 0 Å². The van der Waals surface area contributed by atoms with Crippen molar-refractivity contribution in [1.29, 1.82) is 0 Å². The Morgan fingerprint density at radius 2 is 1.88 bits per heavy atom. The number of fused-ring (bicyclic) bond motifs is 1. The lowest BCUT2D eigenvalue weighted by Crippen LogP contribution is -2.06. The summed E-state index contributed by atoms with van der Waals surface area (Å²) in [5.74, 6) is 0. The summed E-state index contributed by atoms with van der Waals surface area (Å²) in [6.45, 7) is 0. The van der Waals surface area contributed by atoms with E-state index in [0.29, 0.717) is 0 Å². The molecule has 0 aromatic heterocycles. The number of hydrogen-bond donors (Lipinski definition) is 1. The molecule has 1 aliphatic rings. The first kappa shape index (κ1) is 10.9. The molecule has 86 valence electrons. The predicted molar refractivity (Wildman–Crippen MR) is 73.0 cm³/mol. The summed E-state index contributed by atoms with van der Waals surface area (Å²) in [7, 11) is 0. The molecular formula is C14H11Cl2N. The van der Waals surface area contributed by atoms with Gasteiger partial charge >= 0.3 is 0 Å². The highest BCUT2D eigenvalue weighted by molar-refractivity contribution is 6.33. The van der Waals surface area contributed by atoms with Crippen molar-refractivity contribution in [3.05, 3.63) is 63.6 Å². The Hall–Kier alpha value is -1.18. The third kappa shape index (κ3) is 2.01. The van der Waals surface area contributed by atoms with E-state index in [0.717, 1.165) is 22.0 Å². The molecule has 2 aromatic rings. The molecule has 1 N–H and O–H groups in total. The van der Waals surface area contributed by atoms with Crippen LogP contribution in [0, 0.1) is 0 Å². The van der Waals surface area contributed by atoms with Crippen LogP contribution in [0.3, 0.4) is 0 Å². The standard InChI is InChI=1S/C14H11Cl2N/c15-10-5-6-12(16)11(8-10)14-7-9-3-1-2-4-13(9)17-14/h1-6,8,14,17H,7H2/t14-/m1/s1. The highest BCUT2D eigenvalue weighted by Gasteiger charge is 2.23. The summed E-state index contributed by atoms with van der Waals surface area (Å²) in [5, 5.41) is 4.96. The fourth-order valence-electron chi connectivity index (χ4n) is 2.27. The van der Waals surface area contributed by atoms with E-state index in [4.69, 9.17) is 23.2 Å². The van der Waals surface area contributed by atoms with Gasteiger partial charge < -0.3 is 5.32 Å². The van der Waals surface area contributed by atoms with Crippen molar-refractivity contribution in [3.63, 3.8) is 0 Å². The van der Waals surface area contributed by atoms with Crippen LogP contribution in [-0.2, 0) is 6.42 Å². The Kier molecular flexibility index (Phi) is 2.73. The summed E-state index contributed by atoms with van der Waals surface area (Å²) in [5.41, 5.74) is 3.58. The average Bonchev–Trinajstić information content (AvgIpc) is 2.75. The van der Waals surface area contributed by atoms with Gasteiger partial charge in [-0.2, -0.15) is 0 Å². The molecule has 3 rings (SSSR count). The van der Waals surface area contributed by atoms with Crippen molar-refractivity contribution < 1.29 is 0 Å². The first-order chi connectivity index (χ1) is 8.24. The monoisotopic (exact) mass is 263 g/mol. The van der Waals surface area contributed by atoms with E-state index in [1.165, 1.54) is 11.3 Å². The van der Waals surface area contributed by atoms with Crippen LogP contribution in [-0.4, -0.2) is 0 Å². The number of anilines is 1. The second-order valence-electron chi connectivity index (χ2n) is 4.22. The van der Waals surface area contributed by atoms with E-state index in [-0.39, 0.29) is 6.04 Å². The maximum Gasteiger partial charge on any atom is 0.0570 e. The van der Waals surface area contributed by atoms with Crippen LogP contribution in [0.4, 0.5) is 5.69 Å². The second-order valence-corrected chi connectivity index (χ2v) is 5.07.